The number of nitrogens with zero attached hydrogens (tertiary/aromatic N) is 4. The monoisotopic (exact) mass is 275 g/mol. The van der Waals surface area contributed by atoms with Crippen molar-refractivity contribution in [1.29, 1.82) is 0 Å². The summed E-state index contributed by atoms with van der Waals surface area (Å²) in [7, 11) is 0. The minimum atomic E-state index is 0.478. The minimum Gasteiger partial charge on any atom is -0.309 e. The lowest BCUT2D eigenvalue weighted by molar-refractivity contribution is 0.527. The molecule has 0 saturated heterocycles. The lowest BCUT2D eigenvalue weighted by atomic mass is 10.3. The van der Waals surface area contributed by atoms with E-state index in [1.807, 2.05) is 6.20 Å². The first-order chi connectivity index (χ1) is 9.63. The first-order valence-corrected chi connectivity index (χ1v) is 7.43. The number of aryl methyl sites for hydroxylation is 2. The van der Waals surface area contributed by atoms with Gasteiger partial charge in [0.15, 0.2) is 0 Å². The lowest BCUT2D eigenvalue weighted by Crippen LogP contribution is -2.24. The second-order valence-corrected chi connectivity index (χ2v) is 5.31. The van der Waals surface area contributed by atoms with E-state index in [4.69, 9.17) is 0 Å². The molecule has 2 aromatic heterocycles. The highest BCUT2D eigenvalue weighted by atomic mass is 15.3. The van der Waals surface area contributed by atoms with Crippen LogP contribution in [-0.2, 0) is 26.1 Å². The van der Waals surface area contributed by atoms with Gasteiger partial charge in [0, 0.05) is 25.3 Å². The molecule has 0 aliphatic carbocycles. The molecule has 2 heterocycles. The van der Waals surface area contributed by atoms with Gasteiger partial charge >= 0.3 is 0 Å². The molecule has 110 valence electrons. The Morgan fingerprint density at radius 1 is 1.20 bits per heavy atom. The third-order valence-electron chi connectivity index (χ3n) is 3.38. The van der Waals surface area contributed by atoms with E-state index in [0.29, 0.717) is 6.04 Å². The number of nitrogens with one attached hydrogen (secondary N) is 1. The van der Waals surface area contributed by atoms with Crippen LogP contribution >= 0.6 is 0 Å². The van der Waals surface area contributed by atoms with Gasteiger partial charge in [0.2, 0.25) is 0 Å². The summed E-state index contributed by atoms with van der Waals surface area (Å²) in [4.78, 5) is 0. The summed E-state index contributed by atoms with van der Waals surface area (Å²) in [6.45, 7) is 11.1. The molecule has 0 bridgehead atoms. The number of hydrogen-bond donors (Lipinski definition) is 1. The second kappa shape index (κ2) is 6.70. The molecular formula is C15H25N5. The van der Waals surface area contributed by atoms with Crippen LogP contribution < -0.4 is 5.32 Å². The average Bonchev–Trinajstić information content (AvgIpc) is 3.03. The van der Waals surface area contributed by atoms with Crippen LogP contribution in [-0.4, -0.2) is 25.6 Å². The van der Waals surface area contributed by atoms with Gasteiger partial charge in [-0.2, -0.15) is 10.2 Å². The molecule has 0 spiro atoms. The van der Waals surface area contributed by atoms with Crippen LogP contribution in [0, 0.1) is 0 Å². The van der Waals surface area contributed by atoms with E-state index < -0.39 is 0 Å². The fourth-order valence-electron chi connectivity index (χ4n) is 2.20. The third-order valence-corrected chi connectivity index (χ3v) is 3.38. The van der Waals surface area contributed by atoms with Crippen molar-refractivity contribution in [3.63, 3.8) is 0 Å². The van der Waals surface area contributed by atoms with Crippen LogP contribution in [0.15, 0.2) is 18.3 Å². The van der Waals surface area contributed by atoms with Gasteiger partial charge in [-0.15, -0.1) is 0 Å². The van der Waals surface area contributed by atoms with Crippen molar-refractivity contribution >= 4 is 0 Å². The summed E-state index contributed by atoms with van der Waals surface area (Å²) < 4.78 is 4.12. The smallest absolute Gasteiger partial charge is 0.0832 e. The van der Waals surface area contributed by atoms with Crippen LogP contribution in [0.25, 0.3) is 0 Å². The maximum absolute atomic E-state index is 4.59. The van der Waals surface area contributed by atoms with Gasteiger partial charge in [0.25, 0.3) is 0 Å². The first kappa shape index (κ1) is 14.8. The van der Waals surface area contributed by atoms with Crippen LogP contribution in [0.5, 0.6) is 0 Å². The Balaban J connectivity index is 2.13. The summed E-state index contributed by atoms with van der Waals surface area (Å²) >= 11 is 0. The topological polar surface area (TPSA) is 47.7 Å². The van der Waals surface area contributed by atoms with E-state index in [0.717, 1.165) is 31.7 Å². The minimum absolute atomic E-state index is 0.478. The van der Waals surface area contributed by atoms with E-state index in [9.17, 15) is 0 Å². The Hall–Kier alpha value is -1.62. The Bertz CT molecular complexity index is 538. The zero-order chi connectivity index (χ0) is 14.5. The van der Waals surface area contributed by atoms with Crippen molar-refractivity contribution in [3.05, 3.63) is 35.4 Å². The molecule has 0 aromatic carbocycles. The molecular weight excluding hydrogens is 250 g/mol. The molecule has 0 unspecified atom stereocenters. The first-order valence-electron chi connectivity index (χ1n) is 7.43. The molecule has 0 aliphatic heterocycles. The molecule has 1 N–H and O–H groups in total. The summed E-state index contributed by atoms with van der Waals surface area (Å²) in [5.74, 6) is 0. The zero-order valence-corrected chi connectivity index (χ0v) is 12.9. The Morgan fingerprint density at radius 3 is 2.65 bits per heavy atom. The molecule has 0 aliphatic rings. The van der Waals surface area contributed by atoms with E-state index in [1.54, 1.807) is 0 Å². The molecule has 2 rings (SSSR count). The summed E-state index contributed by atoms with van der Waals surface area (Å²) in [6.07, 6.45) is 2.84. The molecule has 5 nitrogen and oxygen atoms in total. The van der Waals surface area contributed by atoms with Gasteiger partial charge in [0.05, 0.1) is 23.6 Å². The molecule has 20 heavy (non-hydrogen) atoms. The lowest BCUT2D eigenvalue weighted by Gasteiger charge is -2.11. The molecule has 0 amide bonds. The molecule has 0 atom stereocenters. The molecule has 5 heteroatoms. The summed E-state index contributed by atoms with van der Waals surface area (Å²) in [5, 5.41) is 12.5. The van der Waals surface area contributed by atoms with Gasteiger partial charge < -0.3 is 5.32 Å². The summed E-state index contributed by atoms with van der Waals surface area (Å²) in [5.41, 5.74) is 3.58. The van der Waals surface area contributed by atoms with Gasteiger partial charge in [-0.25, -0.2) is 0 Å². The maximum atomic E-state index is 4.59. The van der Waals surface area contributed by atoms with Crippen LogP contribution in [0.2, 0.25) is 0 Å². The van der Waals surface area contributed by atoms with Gasteiger partial charge in [0.1, 0.15) is 0 Å². The summed E-state index contributed by atoms with van der Waals surface area (Å²) in [6, 6.07) is 4.74. The standard InChI is InChI=1S/C15H25N5/c1-5-13-9-15(19(6-2)18-13)11-20-14(7-8-17-20)10-16-12(3)4/h7-9,12,16H,5-6,10-11H2,1-4H3. The van der Waals surface area contributed by atoms with Gasteiger partial charge in [-0.05, 0) is 25.5 Å². The van der Waals surface area contributed by atoms with Crippen molar-refractivity contribution < 1.29 is 0 Å². The van der Waals surface area contributed by atoms with Crippen LogP contribution in [0.3, 0.4) is 0 Å². The largest absolute Gasteiger partial charge is 0.309 e. The third kappa shape index (κ3) is 3.48. The predicted octanol–water partition coefficient (Wildman–Crippen LogP) is 2.21. The Kier molecular flexibility index (Phi) is 4.95. The second-order valence-electron chi connectivity index (χ2n) is 5.31. The highest BCUT2D eigenvalue weighted by Gasteiger charge is 2.09. The SMILES string of the molecule is CCc1cc(Cn2nccc2CNC(C)C)n(CC)n1. The van der Waals surface area contributed by atoms with Crippen molar-refractivity contribution in [2.45, 2.75) is 59.8 Å². The average molecular weight is 275 g/mol. The van der Waals surface area contributed by atoms with Crippen molar-refractivity contribution in [2.24, 2.45) is 0 Å². The maximum Gasteiger partial charge on any atom is 0.0832 e. The van der Waals surface area contributed by atoms with E-state index >= 15 is 0 Å². The van der Waals surface area contributed by atoms with Gasteiger partial charge in [-0.3, -0.25) is 9.36 Å². The molecule has 0 saturated carbocycles. The van der Waals surface area contributed by atoms with Crippen molar-refractivity contribution in [2.75, 3.05) is 0 Å². The fraction of sp³-hybridized carbons (Fsp3) is 0.600. The number of rotatable bonds is 7. The highest BCUT2D eigenvalue weighted by molar-refractivity contribution is 5.12. The van der Waals surface area contributed by atoms with Crippen LogP contribution in [0.1, 0.15) is 44.8 Å². The van der Waals surface area contributed by atoms with E-state index in [-0.39, 0.29) is 0 Å². The van der Waals surface area contributed by atoms with Crippen molar-refractivity contribution in [1.82, 2.24) is 24.9 Å². The van der Waals surface area contributed by atoms with Gasteiger partial charge in [-0.1, -0.05) is 20.8 Å². The van der Waals surface area contributed by atoms with E-state index in [1.165, 1.54) is 11.4 Å². The Labute approximate surface area is 121 Å². The molecule has 0 fully saturated rings. The molecule has 2 aromatic rings. The highest BCUT2D eigenvalue weighted by Crippen LogP contribution is 2.09. The normalized spacial score (nSPS) is 11.4. The van der Waals surface area contributed by atoms with E-state index in [2.05, 4.69) is 64.7 Å². The predicted molar refractivity (Wildman–Crippen MR) is 80.6 cm³/mol. The Morgan fingerprint density at radius 2 is 2.00 bits per heavy atom. The quantitative estimate of drug-likeness (QED) is 0.843. The number of hydrogen-bond acceptors (Lipinski definition) is 3. The van der Waals surface area contributed by atoms with Crippen molar-refractivity contribution in [3.8, 4) is 0 Å². The fourth-order valence-corrected chi connectivity index (χ4v) is 2.20. The van der Waals surface area contributed by atoms with Crippen LogP contribution in [0.4, 0.5) is 0 Å². The zero-order valence-electron chi connectivity index (χ0n) is 12.9. The number of aromatic nitrogens is 4. The molecule has 0 radical (unpaired) electrons.